The fourth-order valence-electron chi connectivity index (χ4n) is 2.94. The molecule has 1 heterocycles. The Bertz CT molecular complexity index is 215. The average Bonchev–Trinajstić information content (AvgIpc) is 2.38. The molecule has 1 N–H and O–H groups in total. The van der Waals surface area contributed by atoms with Crippen LogP contribution in [-0.4, -0.2) is 50.8 Å². The molecule has 0 aromatic carbocycles. The molecule has 3 heteroatoms. The maximum atomic E-state index is 5.76. The van der Waals surface area contributed by atoms with E-state index in [9.17, 15) is 0 Å². The van der Waals surface area contributed by atoms with Crippen molar-refractivity contribution in [1.82, 2.24) is 10.2 Å². The van der Waals surface area contributed by atoms with Gasteiger partial charge >= 0.3 is 0 Å². The van der Waals surface area contributed by atoms with Gasteiger partial charge in [0.15, 0.2) is 0 Å². The van der Waals surface area contributed by atoms with E-state index in [4.69, 9.17) is 4.74 Å². The molecular weight excluding hydrogens is 224 g/mol. The molecule has 1 aliphatic heterocycles. The second-order valence-electron chi connectivity index (χ2n) is 5.99. The molecule has 0 amide bonds. The van der Waals surface area contributed by atoms with Crippen LogP contribution in [0.3, 0.4) is 0 Å². The molecule has 0 bridgehead atoms. The van der Waals surface area contributed by atoms with Gasteiger partial charge in [-0.15, -0.1) is 0 Å². The summed E-state index contributed by atoms with van der Waals surface area (Å²) in [6.45, 7) is 12.0. The van der Waals surface area contributed by atoms with Crippen molar-refractivity contribution in [1.29, 1.82) is 0 Å². The maximum Gasteiger partial charge on any atom is 0.0546 e. The normalized spacial score (nSPS) is 26.5. The van der Waals surface area contributed by atoms with E-state index in [1.54, 1.807) is 0 Å². The van der Waals surface area contributed by atoms with Gasteiger partial charge in [-0.25, -0.2) is 0 Å². The zero-order valence-corrected chi connectivity index (χ0v) is 12.8. The van der Waals surface area contributed by atoms with E-state index in [0.717, 1.165) is 32.8 Å². The van der Waals surface area contributed by atoms with Gasteiger partial charge in [-0.05, 0) is 39.8 Å². The highest BCUT2D eigenvalue weighted by molar-refractivity contribution is 4.87. The van der Waals surface area contributed by atoms with Crippen molar-refractivity contribution in [2.45, 2.75) is 52.5 Å². The van der Waals surface area contributed by atoms with Crippen LogP contribution in [0.2, 0.25) is 0 Å². The molecule has 108 valence electrons. The van der Waals surface area contributed by atoms with Crippen molar-refractivity contribution >= 4 is 0 Å². The summed E-state index contributed by atoms with van der Waals surface area (Å²) in [5.74, 6) is 0. The lowest BCUT2D eigenvalue weighted by atomic mass is 9.81. The minimum atomic E-state index is 0.324. The molecule has 2 unspecified atom stereocenters. The number of hydrogen-bond donors (Lipinski definition) is 1. The zero-order valence-electron chi connectivity index (χ0n) is 12.8. The Morgan fingerprint density at radius 3 is 2.72 bits per heavy atom. The number of ether oxygens (including phenoxy) is 1. The van der Waals surface area contributed by atoms with Crippen LogP contribution < -0.4 is 5.32 Å². The van der Waals surface area contributed by atoms with Gasteiger partial charge in [0, 0.05) is 31.2 Å². The van der Waals surface area contributed by atoms with Gasteiger partial charge in [-0.3, -0.25) is 0 Å². The first-order valence-corrected chi connectivity index (χ1v) is 7.62. The summed E-state index contributed by atoms with van der Waals surface area (Å²) in [6, 6.07) is 0.676. The fourth-order valence-corrected chi connectivity index (χ4v) is 2.94. The first kappa shape index (κ1) is 15.9. The molecule has 3 nitrogen and oxygen atoms in total. The quantitative estimate of drug-likeness (QED) is 0.722. The second kappa shape index (κ2) is 8.13. The second-order valence-corrected chi connectivity index (χ2v) is 5.99. The standard InChI is InChI=1S/C15H32N2O/c1-5-8-14(3)17(4)12-15(11-16-6-2)9-7-10-18-13-15/h14,16H,5-13H2,1-4H3. The third-order valence-electron chi connectivity index (χ3n) is 4.20. The highest BCUT2D eigenvalue weighted by Gasteiger charge is 2.34. The lowest BCUT2D eigenvalue weighted by molar-refractivity contribution is -0.0275. The van der Waals surface area contributed by atoms with Gasteiger partial charge in [0.05, 0.1) is 6.61 Å². The van der Waals surface area contributed by atoms with E-state index in [2.05, 4.69) is 38.0 Å². The van der Waals surface area contributed by atoms with Crippen molar-refractivity contribution in [2.24, 2.45) is 5.41 Å². The van der Waals surface area contributed by atoms with Crippen molar-refractivity contribution in [3.63, 3.8) is 0 Å². The number of nitrogens with zero attached hydrogens (tertiary/aromatic N) is 1. The van der Waals surface area contributed by atoms with Crippen LogP contribution in [0.5, 0.6) is 0 Å². The van der Waals surface area contributed by atoms with Gasteiger partial charge in [0.1, 0.15) is 0 Å². The molecular formula is C15H32N2O. The molecule has 0 aromatic rings. The predicted molar refractivity (Wildman–Crippen MR) is 78.0 cm³/mol. The lowest BCUT2D eigenvalue weighted by Crippen LogP contribution is -2.49. The van der Waals surface area contributed by atoms with E-state index < -0.39 is 0 Å². The van der Waals surface area contributed by atoms with Crippen LogP contribution in [0.1, 0.15) is 46.5 Å². The third-order valence-corrected chi connectivity index (χ3v) is 4.20. The van der Waals surface area contributed by atoms with Crippen LogP contribution >= 0.6 is 0 Å². The number of hydrogen-bond acceptors (Lipinski definition) is 3. The summed E-state index contributed by atoms with van der Waals surface area (Å²) in [4.78, 5) is 2.52. The van der Waals surface area contributed by atoms with E-state index in [0.29, 0.717) is 11.5 Å². The Balaban J connectivity index is 2.54. The topological polar surface area (TPSA) is 24.5 Å². The lowest BCUT2D eigenvalue weighted by Gasteiger charge is -2.41. The van der Waals surface area contributed by atoms with Gasteiger partial charge in [0.25, 0.3) is 0 Å². The maximum absolute atomic E-state index is 5.76. The minimum absolute atomic E-state index is 0.324. The predicted octanol–water partition coefficient (Wildman–Crippen LogP) is 2.51. The van der Waals surface area contributed by atoms with Gasteiger partial charge in [-0.2, -0.15) is 0 Å². The van der Waals surface area contributed by atoms with Crippen LogP contribution in [0, 0.1) is 5.41 Å². The van der Waals surface area contributed by atoms with Crippen LogP contribution in [-0.2, 0) is 4.74 Å². The van der Waals surface area contributed by atoms with E-state index >= 15 is 0 Å². The highest BCUT2D eigenvalue weighted by Crippen LogP contribution is 2.29. The molecule has 0 aliphatic carbocycles. The Labute approximate surface area is 113 Å². The van der Waals surface area contributed by atoms with Crippen LogP contribution in [0.4, 0.5) is 0 Å². The molecule has 2 atom stereocenters. The van der Waals surface area contributed by atoms with Gasteiger partial charge < -0.3 is 15.0 Å². The van der Waals surface area contributed by atoms with Crippen molar-refractivity contribution in [3.8, 4) is 0 Å². The van der Waals surface area contributed by atoms with Crippen molar-refractivity contribution in [3.05, 3.63) is 0 Å². The van der Waals surface area contributed by atoms with E-state index in [1.165, 1.54) is 25.7 Å². The summed E-state index contributed by atoms with van der Waals surface area (Å²) in [5, 5.41) is 3.53. The smallest absolute Gasteiger partial charge is 0.0546 e. The van der Waals surface area contributed by atoms with E-state index in [-0.39, 0.29) is 0 Å². The molecule has 0 aromatic heterocycles. The first-order chi connectivity index (χ1) is 8.63. The number of nitrogens with one attached hydrogen (secondary N) is 1. The molecule has 1 fully saturated rings. The molecule has 1 rings (SSSR count). The molecule has 18 heavy (non-hydrogen) atoms. The number of rotatable bonds is 8. The summed E-state index contributed by atoms with van der Waals surface area (Å²) < 4.78 is 5.76. The first-order valence-electron chi connectivity index (χ1n) is 7.62. The Morgan fingerprint density at radius 1 is 1.39 bits per heavy atom. The summed E-state index contributed by atoms with van der Waals surface area (Å²) >= 11 is 0. The van der Waals surface area contributed by atoms with Crippen molar-refractivity contribution < 1.29 is 4.74 Å². The zero-order chi connectivity index (χ0) is 13.4. The summed E-state index contributed by atoms with van der Waals surface area (Å²) in [5.41, 5.74) is 0.324. The molecule has 1 aliphatic rings. The van der Waals surface area contributed by atoms with Crippen molar-refractivity contribution in [2.75, 3.05) is 39.9 Å². The molecule has 0 spiro atoms. The highest BCUT2D eigenvalue weighted by atomic mass is 16.5. The Kier molecular flexibility index (Phi) is 7.20. The monoisotopic (exact) mass is 256 g/mol. The third kappa shape index (κ3) is 4.87. The average molecular weight is 256 g/mol. The largest absolute Gasteiger partial charge is 0.381 e. The Morgan fingerprint density at radius 2 is 2.17 bits per heavy atom. The molecule has 1 saturated heterocycles. The minimum Gasteiger partial charge on any atom is -0.381 e. The SMILES string of the molecule is CCCC(C)N(C)CC1(CNCC)CCCOC1. The molecule has 0 saturated carbocycles. The van der Waals surface area contributed by atoms with Crippen LogP contribution in [0.25, 0.3) is 0 Å². The Hall–Kier alpha value is -0.120. The van der Waals surface area contributed by atoms with Gasteiger partial charge in [-0.1, -0.05) is 20.3 Å². The summed E-state index contributed by atoms with van der Waals surface area (Å²) in [6.07, 6.45) is 5.06. The van der Waals surface area contributed by atoms with Gasteiger partial charge in [0.2, 0.25) is 0 Å². The summed E-state index contributed by atoms with van der Waals surface area (Å²) in [7, 11) is 2.27. The molecule has 0 radical (unpaired) electrons. The van der Waals surface area contributed by atoms with Crippen LogP contribution in [0.15, 0.2) is 0 Å². The fraction of sp³-hybridized carbons (Fsp3) is 1.00. The van der Waals surface area contributed by atoms with E-state index in [1.807, 2.05) is 0 Å².